The average molecular weight is 234 g/mol. The standard InChI is InChI=1S/C4H7Br2F/c1-3(6)4(7)2-5/h3-4H,2H2,1H3. The number of hydrogen-bond donors (Lipinski definition) is 0. The summed E-state index contributed by atoms with van der Waals surface area (Å²) in [6.07, 6.45) is -0.764. The molecule has 0 aromatic carbocycles. The van der Waals surface area contributed by atoms with Gasteiger partial charge in [-0.3, -0.25) is 0 Å². The van der Waals surface area contributed by atoms with Gasteiger partial charge in [0.1, 0.15) is 6.17 Å². The largest absolute Gasteiger partial charge is 0.245 e. The third-order valence-electron chi connectivity index (χ3n) is 0.646. The van der Waals surface area contributed by atoms with E-state index in [2.05, 4.69) is 31.9 Å². The molecule has 0 radical (unpaired) electrons. The van der Waals surface area contributed by atoms with Crippen molar-refractivity contribution in [3.05, 3.63) is 0 Å². The van der Waals surface area contributed by atoms with Gasteiger partial charge in [-0.2, -0.15) is 0 Å². The van der Waals surface area contributed by atoms with Gasteiger partial charge in [0.25, 0.3) is 0 Å². The SMILES string of the molecule is CC(Br)C(F)CBr. The van der Waals surface area contributed by atoms with Crippen LogP contribution in [0.25, 0.3) is 0 Å². The van der Waals surface area contributed by atoms with E-state index in [-0.39, 0.29) is 4.83 Å². The van der Waals surface area contributed by atoms with Gasteiger partial charge >= 0.3 is 0 Å². The maximum Gasteiger partial charge on any atom is 0.122 e. The predicted octanol–water partition coefficient (Wildman–Crippen LogP) is 2.50. The fraction of sp³-hybridized carbons (Fsp3) is 1.00. The molecule has 0 saturated carbocycles. The summed E-state index contributed by atoms with van der Waals surface area (Å²) in [5.41, 5.74) is 0. The van der Waals surface area contributed by atoms with Crippen LogP contribution in [0.15, 0.2) is 0 Å². The zero-order valence-corrected chi connectivity index (χ0v) is 7.17. The van der Waals surface area contributed by atoms with Crippen molar-refractivity contribution in [2.24, 2.45) is 0 Å². The topological polar surface area (TPSA) is 0 Å². The summed E-state index contributed by atoms with van der Waals surface area (Å²) < 4.78 is 12.2. The van der Waals surface area contributed by atoms with Crippen LogP contribution >= 0.6 is 31.9 Å². The minimum atomic E-state index is -0.764. The van der Waals surface area contributed by atoms with Gasteiger partial charge in [-0.05, 0) is 6.92 Å². The molecule has 3 heteroatoms. The molecule has 0 aliphatic heterocycles. The first-order valence-electron chi connectivity index (χ1n) is 2.02. The molecular weight excluding hydrogens is 227 g/mol. The third kappa shape index (κ3) is 3.47. The molecule has 0 bridgehead atoms. The van der Waals surface area contributed by atoms with Gasteiger partial charge in [0.2, 0.25) is 0 Å². The first-order chi connectivity index (χ1) is 3.18. The van der Waals surface area contributed by atoms with E-state index < -0.39 is 6.17 Å². The fourth-order valence-corrected chi connectivity index (χ4v) is 1.37. The molecule has 0 aliphatic rings. The lowest BCUT2D eigenvalue weighted by atomic mass is 10.3. The van der Waals surface area contributed by atoms with Crippen molar-refractivity contribution < 1.29 is 4.39 Å². The second-order valence-electron chi connectivity index (χ2n) is 1.35. The summed E-state index contributed by atoms with van der Waals surface area (Å²) in [6, 6.07) is 0. The lowest BCUT2D eigenvalue weighted by Gasteiger charge is -2.03. The van der Waals surface area contributed by atoms with Crippen LogP contribution in [0.2, 0.25) is 0 Å². The molecule has 0 saturated heterocycles. The first-order valence-corrected chi connectivity index (χ1v) is 4.06. The van der Waals surface area contributed by atoms with Crippen molar-refractivity contribution in [2.45, 2.75) is 17.9 Å². The minimum absolute atomic E-state index is 0.0353. The summed E-state index contributed by atoms with van der Waals surface area (Å²) in [6.45, 7) is 1.78. The molecule has 0 rings (SSSR count). The summed E-state index contributed by atoms with van der Waals surface area (Å²) in [5.74, 6) is 0. The van der Waals surface area contributed by atoms with Gasteiger partial charge in [0, 0.05) is 10.2 Å². The van der Waals surface area contributed by atoms with Gasteiger partial charge in [-0.25, -0.2) is 4.39 Å². The van der Waals surface area contributed by atoms with Crippen molar-refractivity contribution in [2.75, 3.05) is 5.33 Å². The normalized spacial score (nSPS) is 18.9. The minimum Gasteiger partial charge on any atom is -0.245 e. The Kier molecular flexibility index (Phi) is 4.33. The molecule has 0 amide bonds. The molecule has 0 aromatic heterocycles. The maximum absolute atomic E-state index is 12.2. The number of alkyl halides is 3. The highest BCUT2D eigenvalue weighted by atomic mass is 79.9. The third-order valence-corrected chi connectivity index (χ3v) is 1.84. The Balaban J connectivity index is 3.14. The lowest BCUT2D eigenvalue weighted by Crippen LogP contribution is -2.12. The summed E-state index contributed by atoms with van der Waals surface area (Å²) in [5, 5.41) is 0.416. The smallest absolute Gasteiger partial charge is 0.122 e. The van der Waals surface area contributed by atoms with E-state index >= 15 is 0 Å². The summed E-state index contributed by atoms with van der Waals surface area (Å²) >= 11 is 6.11. The van der Waals surface area contributed by atoms with Gasteiger partial charge in [0.05, 0.1) is 0 Å². The van der Waals surface area contributed by atoms with Crippen molar-refractivity contribution in [1.29, 1.82) is 0 Å². The highest BCUT2D eigenvalue weighted by Crippen LogP contribution is 2.09. The van der Waals surface area contributed by atoms with Crippen molar-refractivity contribution in [3.8, 4) is 0 Å². The Morgan fingerprint density at radius 1 is 1.71 bits per heavy atom. The average Bonchev–Trinajstić information content (AvgIpc) is 1.65. The van der Waals surface area contributed by atoms with Crippen LogP contribution < -0.4 is 0 Å². The van der Waals surface area contributed by atoms with Crippen LogP contribution in [-0.2, 0) is 0 Å². The molecule has 0 N–H and O–H groups in total. The van der Waals surface area contributed by atoms with E-state index in [0.717, 1.165) is 0 Å². The van der Waals surface area contributed by atoms with E-state index in [9.17, 15) is 4.39 Å². The highest BCUT2D eigenvalue weighted by molar-refractivity contribution is 9.10. The maximum atomic E-state index is 12.2. The lowest BCUT2D eigenvalue weighted by molar-refractivity contribution is 0.371. The Morgan fingerprint density at radius 2 is 2.14 bits per heavy atom. The van der Waals surface area contributed by atoms with Crippen molar-refractivity contribution in [1.82, 2.24) is 0 Å². The fourth-order valence-electron chi connectivity index (χ4n) is 0.123. The van der Waals surface area contributed by atoms with Crippen LogP contribution in [0.3, 0.4) is 0 Å². The van der Waals surface area contributed by atoms with Crippen molar-refractivity contribution >= 4 is 31.9 Å². The van der Waals surface area contributed by atoms with E-state index in [1.807, 2.05) is 0 Å². The predicted molar refractivity (Wildman–Crippen MR) is 37.1 cm³/mol. The molecule has 7 heavy (non-hydrogen) atoms. The van der Waals surface area contributed by atoms with Crippen LogP contribution in [0, 0.1) is 0 Å². The first kappa shape index (κ1) is 7.89. The van der Waals surface area contributed by atoms with Crippen molar-refractivity contribution in [3.63, 3.8) is 0 Å². The number of rotatable bonds is 2. The summed E-state index contributed by atoms with van der Waals surface area (Å²) in [7, 11) is 0. The van der Waals surface area contributed by atoms with E-state index in [1.165, 1.54) is 0 Å². The van der Waals surface area contributed by atoms with E-state index in [0.29, 0.717) is 5.33 Å². The van der Waals surface area contributed by atoms with E-state index in [4.69, 9.17) is 0 Å². The van der Waals surface area contributed by atoms with E-state index in [1.54, 1.807) is 6.92 Å². The molecule has 2 atom stereocenters. The monoisotopic (exact) mass is 232 g/mol. The quantitative estimate of drug-likeness (QED) is 0.644. The zero-order chi connectivity index (χ0) is 5.86. The summed E-state index contributed by atoms with van der Waals surface area (Å²) in [4.78, 5) is -0.0353. The zero-order valence-electron chi connectivity index (χ0n) is 4.00. The molecule has 0 nitrogen and oxygen atoms in total. The molecule has 2 unspecified atom stereocenters. The van der Waals surface area contributed by atoms with Gasteiger partial charge in [-0.1, -0.05) is 31.9 Å². The van der Waals surface area contributed by atoms with Gasteiger partial charge in [0.15, 0.2) is 0 Å². The Morgan fingerprint density at radius 3 is 2.14 bits per heavy atom. The Bertz CT molecular complexity index is 47.0. The van der Waals surface area contributed by atoms with Gasteiger partial charge < -0.3 is 0 Å². The van der Waals surface area contributed by atoms with Crippen LogP contribution in [0.1, 0.15) is 6.92 Å². The molecule has 0 aliphatic carbocycles. The van der Waals surface area contributed by atoms with Gasteiger partial charge in [-0.15, -0.1) is 0 Å². The Labute approximate surface area is 59.7 Å². The second kappa shape index (κ2) is 3.84. The Hall–Kier alpha value is 0.890. The molecule has 0 heterocycles. The molecule has 0 fully saturated rings. The van der Waals surface area contributed by atoms with Crippen LogP contribution in [0.4, 0.5) is 4.39 Å². The number of halogens is 3. The second-order valence-corrected chi connectivity index (χ2v) is 3.44. The van der Waals surface area contributed by atoms with Crippen LogP contribution in [-0.4, -0.2) is 16.3 Å². The molecule has 0 aromatic rings. The van der Waals surface area contributed by atoms with Crippen LogP contribution in [0.5, 0.6) is 0 Å². The molecular formula is C4H7Br2F. The highest BCUT2D eigenvalue weighted by Gasteiger charge is 2.09. The molecule has 0 spiro atoms. The molecule has 44 valence electrons. The number of hydrogen-bond acceptors (Lipinski definition) is 0.